The van der Waals surface area contributed by atoms with E-state index in [2.05, 4.69) is 16.7 Å². The van der Waals surface area contributed by atoms with Crippen molar-refractivity contribution in [2.45, 2.75) is 13.0 Å². The number of benzene rings is 1. The lowest BCUT2D eigenvalue weighted by Crippen LogP contribution is -2.36. The topological polar surface area (TPSA) is 68.8 Å². The summed E-state index contributed by atoms with van der Waals surface area (Å²) in [5.41, 5.74) is 0.859. The maximum atomic E-state index is 11.9. The summed E-state index contributed by atoms with van der Waals surface area (Å²) in [6.45, 7) is 0.961. The summed E-state index contributed by atoms with van der Waals surface area (Å²) in [4.78, 5) is 13.1. The van der Waals surface area contributed by atoms with Crippen molar-refractivity contribution in [3.63, 3.8) is 0 Å². The van der Waals surface area contributed by atoms with E-state index in [4.69, 9.17) is 14.2 Å². The minimum atomic E-state index is -0.208. The summed E-state index contributed by atoms with van der Waals surface area (Å²) in [7, 11) is 4.68. The Morgan fingerprint density at radius 2 is 1.79 bits per heavy atom. The minimum Gasteiger partial charge on any atom is -0.493 e. The van der Waals surface area contributed by atoms with Gasteiger partial charge in [-0.15, -0.1) is 11.3 Å². The van der Waals surface area contributed by atoms with Crippen LogP contribution < -0.4 is 24.8 Å². The highest BCUT2D eigenvalue weighted by molar-refractivity contribution is 7.09. The molecule has 1 aromatic heterocycles. The van der Waals surface area contributed by atoms with Gasteiger partial charge in [0.25, 0.3) is 0 Å². The third kappa shape index (κ3) is 4.79. The van der Waals surface area contributed by atoms with Crippen LogP contribution in [0.15, 0.2) is 29.6 Å². The first-order valence-electron chi connectivity index (χ1n) is 7.51. The number of rotatable bonds is 8. The number of carbonyl (C=O) groups excluding carboxylic acids is 1. The molecule has 7 heteroatoms. The molecule has 0 unspecified atom stereocenters. The van der Waals surface area contributed by atoms with Gasteiger partial charge in [-0.25, -0.2) is 4.79 Å². The summed E-state index contributed by atoms with van der Waals surface area (Å²) in [6, 6.07) is 7.48. The molecular weight excluding hydrogens is 328 g/mol. The number of nitrogens with one attached hydrogen (secondary N) is 2. The van der Waals surface area contributed by atoms with Gasteiger partial charge in [0.2, 0.25) is 5.75 Å². The Morgan fingerprint density at radius 3 is 2.33 bits per heavy atom. The number of amides is 2. The van der Waals surface area contributed by atoms with E-state index in [9.17, 15) is 4.79 Å². The molecule has 2 rings (SSSR count). The van der Waals surface area contributed by atoms with Gasteiger partial charge in [-0.2, -0.15) is 0 Å². The van der Waals surface area contributed by atoms with Crippen LogP contribution in [0.2, 0.25) is 0 Å². The van der Waals surface area contributed by atoms with Gasteiger partial charge in [-0.05, 0) is 35.6 Å². The molecule has 24 heavy (non-hydrogen) atoms. The number of hydrogen-bond donors (Lipinski definition) is 2. The van der Waals surface area contributed by atoms with Crippen molar-refractivity contribution >= 4 is 17.4 Å². The van der Waals surface area contributed by atoms with Crippen LogP contribution in [-0.4, -0.2) is 33.9 Å². The largest absolute Gasteiger partial charge is 0.493 e. The fourth-order valence-corrected chi connectivity index (χ4v) is 2.95. The van der Waals surface area contributed by atoms with Crippen molar-refractivity contribution in [1.82, 2.24) is 10.6 Å². The molecule has 0 aliphatic carbocycles. The fourth-order valence-electron chi connectivity index (χ4n) is 2.24. The molecule has 2 aromatic rings. The second-order valence-electron chi connectivity index (χ2n) is 4.97. The zero-order valence-corrected chi connectivity index (χ0v) is 14.9. The average Bonchev–Trinajstić information content (AvgIpc) is 3.12. The van der Waals surface area contributed by atoms with E-state index in [1.807, 2.05) is 23.6 Å². The summed E-state index contributed by atoms with van der Waals surface area (Å²) < 4.78 is 15.9. The van der Waals surface area contributed by atoms with Crippen LogP contribution in [0.25, 0.3) is 0 Å². The number of carbonyl (C=O) groups is 1. The van der Waals surface area contributed by atoms with Gasteiger partial charge in [0.1, 0.15) is 0 Å². The Kier molecular flexibility index (Phi) is 6.74. The molecule has 0 radical (unpaired) electrons. The highest BCUT2D eigenvalue weighted by atomic mass is 32.1. The number of ether oxygens (including phenoxy) is 3. The molecule has 0 bridgehead atoms. The normalized spacial score (nSPS) is 10.1. The van der Waals surface area contributed by atoms with E-state index in [1.54, 1.807) is 32.7 Å². The summed E-state index contributed by atoms with van der Waals surface area (Å²) in [5.74, 6) is 1.66. The lowest BCUT2D eigenvalue weighted by atomic mass is 10.2. The number of hydrogen-bond acceptors (Lipinski definition) is 5. The first-order chi connectivity index (χ1) is 11.7. The molecule has 6 nitrogen and oxygen atoms in total. The van der Waals surface area contributed by atoms with E-state index < -0.39 is 0 Å². The maximum absolute atomic E-state index is 11.9. The van der Waals surface area contributed by atoms with Gasteiger partial charge in [-0.3, -0.25) is 0 Å². The van der Waals surface area contributed by atoms with E-state index in [1.165, 1.54) is 4.88 Å². The standard InChI is InChI=1S/C17H22N2O4S/c1-21-14-9-12(10-15(22-2)16(14)23-3)11-19-17(20)18-7-6-13-5-4-8-24-13/h4-5,8-10H,6-7,11H2,1-3H3,(H2,18,19,20). The van der Waals surface area contributed by atoms with Crippen molar-refractivity contribution in [2.75, 3.05) is 27.9 Å². The average molecular weight is 350 g/mol. The van der Waals surface area contributed by atoms with Gasteiger partial charge in [0.15, 0.2) is 11.5 Å². The van der Waals surface area contributed by atoms with E-state index in [0.717, 1.165) is 12.0 Å². The molecule has 1 aromatic carbocycles. The highest BCUT2D eigenvalue weighted by Gasteiger charge is 2.13. The van der Waals surface area contributed by atoms with Crippen LogP contribution in [0.1, 0.15) is 10.4 Å². The molecule has 0 aliphatic rings. The summed E-state index contributed by atoms with van der Waals surface area (Å²) >= 11 is 1.69. The predicted octanol–water partition coefficient (Wildman–Crippen LogP) is 2.82. The molecule has 1 heterocycles. The number of thiophene rings is 1. The smallest absolute Gasteiger partial charge is 0.315 e. The van der Waals surface area contributed by atoms with Crippen molar-refractivity contribution in [1.29, 1.82) is 0 Å². The third-order valence-corrected chi connectivity index (χ3v) is 4.35. The minimum absolute atomic E-state index is 0.208. The summed E-state index contributed by atoms with van der Waals surface area (Å²) in [5, 5.41) is 7.69. The second-order valence-corrected chi connectivity index (χ2v) is 6.00. The van der Waals surface area contributed by atoms with Gasteiger partial charge < -0.3 is 24.8 Å². The van der Waals surface area contributed by atoms with E-state index in [0.29, 0.717) is 30.3 Å². The Balaban J connectivity index is 1.87. The summed E-state index contributed by atoms with van der Waals surface area (Å²) in [6.07, 6.45) is 0.829. The molecule has 0 saturated carbocycles. The molecule has 2 N–H and O–H groups in total. The molecule has 0 saturated heterocycles. The SMILES string of the molecule is COc1cc(CNC(=O)NCCc2cccs2)cc(OC)c1OC. The monoisotopic (exact) mass is 350 g/mol. The lowest BCUT2D eigenvalue weighted by Gasteiger charge is -2.14. The Bertz CT molecular complexity index is 634. The van der Waals surface area contributed by atoms with Crippen LogP contribution in [0.3, 0.4) is 0 Å². The quantitative estimate of drug-likeness (QED) is 0.768. The first kappa shape index (κ1) is 17.9. The fraction of sp³-hybridized carbons (Fsp3) is 0.353. The third-order valence-electron chi connectivity index (χ3n) is 3.41. The van der Waals surface area contributed by atoms with E-state index >= 15 is 0 Å². The van der Waals surface area contributed by atoms with Crippen molar-refractivity contribution in [3.05, 3.63) is 40.1 Å². The van der Waals surface area contributed by atoms with Gasteiger partial charge in [0, 0.05) is 18.0 Å². The maximum Gasteiger partial charge on any atom is 0.315 e. The van der Waals surface area contributed by atoms with Crippen LogP contribution >= 0.6 is 11.3 Å². The van der Waals surface area contributed by atoms with Crippen LogP contribution in [0, 0.1) is 0 Å². The zero-order valence-electron chi connectivity index (χ0n) is 14.0. The van der Waals surface area contributed by atoms with Crippen LogP contribution in [0.5, 0.6) is 17.2 Å². The molecular formula is C17H22N2O4S. The Hall–Kier alpha value is -2.41. The van der Waals surface area contributed by atoms with Crippen LogP contribution in [0.4, 0.5) is 4.79 Å². The lowest BCUT2D eigenvalue weighted by molar-refractivity contribution is 0.240. The number of urea groups is 1. The van der Waals surface area contributed by atoms with Gasteiger partial charge in [0.05, 0.1) is 21.3 Å². The van der Waals surface area contributed by atoms with Gasteiger partial charge in [-0.1, -0.05) is 6.07 Å². The first-order valence-corrected chi connectivity index (χ1v) is 8.38. The predicted molar refractivity (Wildman–Crippen MR) is 94.4 cm³/mol. The molecule has 0 fully saturated rings. The molecule has 0 aliphatic heterocycles. The Morgan fingerprint density at radius 1 is 1.08 bits per heavy atom. The second kappa shape index (κ2) is 9.02. The number of methoxy groups -OCH3 is 3. The van der Waals surface area contributed by atoms with Gasteiger partial charge >= 0.3 is 6.03 Å². The van der Waals surface area contributed by atoms with E-state index in [-0.39, 0.29) is 6.03 Å². The molecule has 2 amide bonds. The van der Waals surface area contributed by atoms with Crippen molar-refractivity contribution < 1.29 is 19.0 Å². The molecule has 0 atom stereocenters. The zero-order chi connectivity index (χ0) is 17.4. The molecule has 130 valence electrons. The van der Waals surface area contributed by atoms with Crippen LogP contribution in [-0.2, 0) is 13.0 Å². The Labute approximate surface area is 145 Å². The van der Waals surface area contributed by atoms with Crippen molar-refractivity contribution in [3.8, 4) is 17.2 Å². The molecule has 0 spiro atoms. The highest BCUT2D eigenvalue weighted by Crippen LogP contribution is 2.38. The van der Waals surface area contributed by atoms with Crippen molar-refractivity contribution in [2.24, 2.45) is 0 Å².